The van der Waals surface area contributed by atoms with Gasteiger partial charge in [-0.1, -0.05) is 24.3 Å². The van der Waals surface area contributed by atoms with Crippen LogP contribution in [0.25, 0.3) is 0 Å². The molecule has 2 atom stereocenters. The Morgan fingerprint density at radius 3 is 2.50 bits per heavy atom. The summed E-state index contributed by atoms with van der Waals surface area (Å²) in [5, 5.41) is 7.61. The number of hydrogen-bond donors (Lipinski definition) is 0. The normalized spacial score (nSPS) is 18.5. The Balaban J connectivity index is 4.38. The summed E-state index contributed by atoms with van der Waals surface area (Å²) in [4.78, 5) is 0. The maximum Gasteiger partial charge on any atom is 0.0595 e. The van der Waals surface area contributed by atoms with Crippen molar-refractivity contribution in [2.75, 3.05) is 7.05 Å². The molecule has 0 fully saturated rings. The largest absolute Gasteiger partial charge is 0.192 e. The fraction of sp³-hybridized carbons (Fsp3) is 0.455. The summed E-state index contributed by atoms with van der Waals surface area (Å²) < 4.78 is 0. The highest BCUT2D eigenvalue weighted by molar-refractivity contribution is 7.19. The highest BCUT2D eigenvalue weighted by Gasteiger charge is 2.06. The van der Waals surface area contributed by atoms with Gasteiger partial charge in [-0.05, 0) is 26.8 Å². The topological polar surface area (TPSA) is 24.7 Å². The van der Waals surface area contributed by atoms with Crippen LogP contribution in [0.4, 0.5) is 0 Å². The molecular formula is C11H19N2P. The molecule has 2 unspecified atom stereocenters. The second kappa shape index (κ2) is 6.67. The predicted octanol–water partition coefficient (Wildman–Crippen LogP) is 3.74. The van der Waals surface area contributed by atoms with Crippen molar-refractivity contribution in [2.24, 2.45) is 10.2 Å². The molecule has 0 aromatic carbocycles. The van der Waals surface area contributed by atoms with Crippen LogP contribution in [0.15, 0.2) is 46.3 Å². The molecule has 0 aliphatic heterocycles. The standard InChI is InChI=1S/C11H19N2P/c1-5-8-11(3,14)9-6-7-10(2)13-12-4/h5-9H,14H2,1-4H3/b8-5-,9-6-,10-7+,13-12+. The third-order valence-corrected chi connectivity index (χ3v) is 1.96. The van der Waals surface area contributed by atoms with Gasteiger partial charge in [0.15, 0.2) is 0 Å². The first-order chi connectivity index (χ1) is 6.52. The first-order valence-electron chi connectivity index (χ1n) is 4.60. The van der Waals surface area contributed by atoms with Crippen LogP contribution in [0.3, 0.4) is 0 Å². The van der Waals surface area contributed by atoms with Crippen molar-refractivity contribution >= 4 is 9.24 Å². The summed E-state index contributed by atoms with van der Waals surface area (Å²) in [7, 11) is 4.46. The molecular weight excluding hydrogens is 191 g/mol. The Labute approximate surface area is 89.1 Å². The van der Waals surface area contributed by atoms with Crippen molar-refractivity contribution in [1.29, 1.82) is 0 Å². The van der Waals surface area contributed by atoms with Gasteiger partial charge in [-0.25, -0.2) is 0 Å². The van der Waals surface area contributed by atoms with E-state index in [0.29, 0.717) is 0 Å². The fourth-order valence-electron chi connectivity index (χ4n) is 1.00. The third-order valence-electron chi connectivity index (χ3n) is 1.58. The van der Waals surface area contributed by atoms with Crippen LogP contribution in [-0.2, 0) is 0 Å². The second-order valence-electron chi connectivity index (χ2n) is 3.33. The van der Waals surface area contributed by atoms with Gasteiger partial charge in [0.05, 0.1) is 5.70 Å². The lowest BCUT2D eigenvalue weighted by Gasteiger charge is -2.12. The van der Waals surface area contributed by atoms with Crippen molar-refractivity contribution in [2.45, 2.75) is 25.9 Å². The SMILES string of the molecule is C/C=C\C(C)(P)\C=C/C=C(C)/N=N/C. The molecule has 0 aromatic rings. The van der Waals surface area contributed by atoms with Gasteiger partial charge in [-0.2, -0.15) is 10.2 Å². The van der Waals surface area contributed by atoms with E-state index in [9.17, 15) is 0 Å². The van der Waals surface area contributed by atoms with Gasteiger partial charge >= 0.3 is 0 Å². The summed E-state index contributed by atoms with van der Waals surface area (Å²) >= 11 is 0. The van der Waals surface area contributed by atoms with E-state index in [2.05, 4.69) is 38.5 Å². The van der Waals surface area contributed by atoms with Gasteiger partial charge in [0.1, 0.15) is 0 Å². The molecule has 0 saturated carbocycles. The highest BCUT2D eigenvalue weighted by Crippen LogP contribution is 2.21. The quantitative estimate of drug-likeness (QED) is 0.292. The molecule has 78 valence electrons. The van der Waals surface area contributed by atoms with Crippen molar-refractivity contribution < 1.29 is 0 Å². The van der Waals surface area contributed by atoms with Crippen LogP contribution in [0.1, 0.15) is 20.8 Å². The molecule has 0 aliphatic carbocycles. The maximum atomic E-state index is 3.90. The average Bonchev–Trinajstić information content (AvgIpc) is 2.03. The molecule has 0 N–H and O–H groups in total. The van der Waals surface area contributed by atoms with Gasteiger partial charge < -0.3 is 0 Å². The molecule has 0 rings (SSSR count). The van der Waals surface area contributed by atoms with Crippen molar-refractivity contribution in [1.82, 2.24) is 0 Å². The van der Waals surface area contributed by atoms with E-state index in [0.717, 1.165) is 5.70 Å². The number of nitrogens with zero attached hydrogens (tertiary/aromatic N) is 2. The van der Waals surface area contributed by atoms with Gasteiger partial charge in [0.2, 0.25) is 0 Å². The van der Waals surface area contributed by atoms with Crippen LogP contribution in [0, 0.1) is 0 Å². The summed E-state index contributed by atoms with van der Waals surface area (Å²) in [6.07, 6.45) is 10.2. The monoisotopic (exact) mass is 210 g/mol. The molecule has 3 heteroatoms. The lowest BCUT2D eigenvalue weighted by Crippen LogP contribution is -2.05. The number of azo groups is 1. The Bertz CT molecular complexity index is 273. The minimum atomic E-state index is 0.0227. The maximum absolute atomic E-state index is 3.90. The molecule has 0 aromatic heterocycles. The number of rotatable bonds is 4. The Morgan fingerprint density at radius 1 is 1.36 bits per heavy atom. The van der Waals surface area contributed by atoms with Crippen LogP contribution in [0.5, 0.6) is 0 Å². The van der Waals surface area contributed by atoms with Gasteiger partial charge in [0.25, 0.3) is 0 Å². The molecule has 0 spiro atoms. The van der Waals surface area contributed by atoms with E-state index < -0.39 is 0 Å². The van der Waals surface area contributed by atoms with Crippen molar-refractivity contribution in [3.05, 3.63) is 36.1 Å². The Morgan fingerprint density at radius 2 is 2.00 bits per heavy atom. The zero-order valence-electron chi connectivity index (χ0n) is 9.36. The molecule has 0 amide bonds. The lowest BCUT2D eigenvalue weighted by molar-refractivity contribution is 1.00. The molecule has 14 heavy (non-hydrogen) atoms. The minimum absolute atomic E-state index is 0.0227. The van der Waals surface area contributed by atoms with Gasteiger partial charge in [-0.15, -0.1) is 9.24 Å². The summed E-state index contributed by atoms with van der Waals surface area (Å²) in [6, 6.07) is 0. The number of allylic oxidation sites excluding steroid dienone is 6. The zero-order chi connectivity index (χ0) is 11.0. The molecule has 0 heterocycles. The fourth-order valence-corrected chi connectivity index (χ4v) is 1.30. The third kappa shape index (κ3) is 6.73. The van der Waals surface area contributed by atoms with E-state index in [-0.39, 0.29) is 5.16 Å². The van der Waals surface area contributed by atoms with Crippen LogP contribution < -0.4 is 0 Å². The van der Waals surface area contributed by atoms with Gasteiger partial charge in [0, 0.05) is 12.2 Å². The van der Waals surface area contributed by atoms with E-state index in [4.69, 9.17) is 0 Å². The highest BCUT2D eigenvalue weighted by atomic mass is 31.0. The Kier molecular flexibility index (Phi) is 6.31. The van der Waals surface area contributed by atoms with Gasteiger partial charge in [-0.3, -0.25) is 0 Å². The molecule has 0 aliphatic rings. The average molecular weight is 210 g/mol. The number of hydrogen-bond acceptors (Lipinski definition) is 2. The minimum Gasteiger partial charge on any atom is -0.192 e. The van der Waals surface area contributed by atoms with Crippen LogP contribution in [0.2, 0.25) is 0 Å². The predicted molar refractivity (Wildman–Crippen MR) is 66.6 cm³/mol. The first kappa shape index (κ1) is 13.2. The first-order valence-corrected chi connectivity index (χ1v) is 5.18. The second-order valence-corrected chi connectivity index (χ2v) is 4.58. The van der Waals surface area contributed by atoms with E-state index in [1.165, 1.54) is 0 Å². The lowest BCUT2D eigenvalue weighted by atomic mass is 10.1. The van der Waals surface area contributed by atoms with E-state index in [1.54, 1.807) is 7.05 Å². The summed E-state index contributed by atoms with van der Waals surface area (Å²) in [5.74, 6) is 0. The summed E-state index contributed by atoms with van der Waals surface area (Å²) in [6.45, 7) is 6.06. The molecule has 0 bridgehead atoms. The van der Waals surface area contributed by atoms with Crippen LogP contribution >= 0.6 is 9.24 Å². The van der Waals surface area contributed by atoms with Crippen LogP contribution in [-0.4, -0.2) is 12.2 Å². The summed E-state index contributed by atoms with van der Waals surface area (Å²) in [5.41, 5.74) is 0.907. The molecule has 0 saturated heterocycles. The van der Waals surface area contributed by atoms with E-state index in [1.807, 2.05) is 32.1 Å². The Hall–Kier alpha value is -0.750. The molecule has 0 radical (unpaired) electrons. The zero-order valence-corrected chi connectivity index (χ0v) is 10.5. The van der Waals surface area contributed by atoms with Crippen molar-refractivity contribution in [3.63, 3.8) is 0 Å². The molecule has 2 nitrogen and oxygen atoms in total. The van der Waals surface area contributed by atoms with Crippen molar-refractivity contribution in [3.8, 4) is 0 Å². The van der Waals surface area contributed by atoms with E-state index >= 15 is 0 Å². The smallest absolute Gasteiger partial charge is 0.0595 e.